The van der Waals surface area contributed by atoms with E-state index in [1.165, 1.54) is 9.25 Å². The highest BCUT2D eigenvalue weighted by molar-refractivity contribution is 5.62. The largest absolute Gasteiger partial charge is 0.388 e. The van der Waals surface area contributed by atoms with E-state index in [0.29, 0.717) is 18.1 Å². The quantitative estimate of drug-likeness (QED) is 0.578. The number of H-pyrrole nitrogens is 1. The van der Waals surface area contributed by atoms with Crippen molar-refractivity contribution in [2.75, 3.05) is 0 Å². The summed E-state index contributed by atoms with van der Waals surface area (Å²) >= 11 is 0. The van der Waals surface area contributed by atoms with Crippen LogP contribution in [0.1, 0.15) is 11.4 Å². The van der Waals surface area contributed by atoms with E-state index in [9.17, 15) is 9.90 Å². The minimum atomic E-state index is -0.303. The number of hydrogen-bond donors (Lipinski definition) is 2. The molecule has 26 heavy (non-hydrogen) atoms. The van der Waals surface area contributed by atoms with Crippen LogP contribution in [0.4, 0.5) is 0 Å². The van der Waals surface area contributed by atoms with Gasteiger partial charge in [-0.1, -0.05) is 42.5 Å². The second-order valence-electron chi connectivity index (χ2n) is 5.87. The van der Waals surface area contributed by atoms with Crippen molar-refractivity contribution >= 4 is 0 Å². The zero-order valence-corrected chi connectivity index (χ0v) is 13.9. The van der Waals surface area contributed by atoms with Crippen LogP contribution in [0.3, 0.4) is 0 Å². The maximum atomic E-state index is 12.8. The molecule has 0 spiro atoms. The molecule has 130 valence electrons. The first-order valence-corrected chi connectivity index (χ1v) is 8.19. The van der Waals surface area contributed by atoms with Crippen molar-refractivity contribution < 1.29 is 5.11 Å². The lowest BCUT2D eigenvalue weighted by atomic mass is 10.1. The molecule has 0 unspecified atom stereocenters. The second kappa shape index (κ2) is 6.81. The third kappa shape index (κ3) is 2.96. The zero-order valence-electron chi connectivity index (χ0n) is 13.9. The fourth-order valence-electron chi connectivity index (χ4n) is 2.85. The summed E-state index contributed by atoms with van der Waals surface area (Å²) in [5.41, 5.74) is 3.29. The average molecular weight is 347 g/mol. The van der Waals surface area contributed by atoms with Crippen molar-refractivity contribution in [3.63, 3.8) is 0 Å². The molecule has 2 heterocycles. The predicted octanol–water partition coefficient (Wildman–Crippen LogP) is 1.96. The van der Waals surface area contributed by atoms with E-state index in [1.807, 2.05) is 54.6 Å². The lowest BCUT2D eigenvalue weighted by Crippen LogP contribution is -2.25. The fraction of sp³-hybridized carbons (Fsp3) is 0.105. The molecule has 0 atom stereocenters. The highest BCUT2D eigenvalue weighted by Gasteiger charge is 2.14. The van der Waals surface area contributed by atoms with Crippen molar-refractivity contribution in [3.8, 4) is 16.8 Å². The highest BCUT2D eigenvalue weighted by atomic mass is 16.3. The standard InChI is InChI=1S/C19H17N5O2/c25-13-18-22-24(19(26)23(18)12-14-4-2-1-3-5-14)17-8-6-15(7-9-17)16-10-20-21-11-16/h1-11,25H,12-13H2,(H,20,21). The molecule has 0 aliphatic heterocycles. The van der Waals surface area contributed by atoms with Gasteiger partial charge in [0, 0.05) is 11.8 Å². The van der Waals surface area contributed by atoms with Crippen LogP contribution in [-0.2, 0) is 13.2 Å². The lowest BCUT2D eigenvalue weighted by molar-refractivity contribution is 0.265. The molecule has 2 aromatic carbocycles. The van der Waals surface area contributed by atoms with Crippen LogP contribution >= 0.6 is 0 Å². The van der Waals surface area contributed by atoms with E-state index in [-0.39, 0.29) is 12.3 Å². The molecule has 0 amide bonds. The summed E-state index contributed by atoms with van der Waals surface area (Å²) < 4.78 is 2.80. The van der Waals surface area contributed by atoms with Gasteiger partial charge in [0.05, 0.1) is 18.4 Å². The Morgan fingerprint density at radius 1 is 1.00 bits per heavy atom. The summed E-state index contributed by atoms with van der Waals surface area (Å²) in [6.07, 6.45) is 3.54. The van der Waals surface area contributed by atoms with E-state index in [0.717, 1.165) is 16.7 Å². The lowest BCUT2D eigenvalue weighted by Gasteiger charge is -2.03. The third-order valence-electron chi connectivity index (χ3n) is 4.21. The van der Waals surface area contributed by atoms with E-state index in [2.05, 4.69) is 15.3 Å². The first-order valence-electron chi connectivity index (χ1n) is 8.19. The molecule has 2 N–H and O–H groups in total. The molecule has 0 saturated carbocycles. The van der Waals surface area contributed by atoms with Gasteiger partial charge in [0.1, 0.15) is 6.61 Å². The minimum Gasteiger partial charge on any atom is -0.388 e. The van der Waals surface area contributed by atoms with Gasteiger partial charge in [-0.3, -0.25) is 9.67 Å². The summed E-state index contributed by atoms with van der Waals surface area (Å²) in [5.74, 6) is 0.331. The van der Waals surface area contributed by atoms with E-state index in [4.69, 9.17) is 0 Å². The molecule has 0 saturated heterocycles. The normalized spacial score (nSPS) is 11.0. The van der Waals surface area contributed by atoms with Gasteiger partial charge < -0.3 is 5.11 Å². The number of aliphatic hydroxyl groups excluding tert-OH is 1. The Hall–Kier alpha value is -3.45. The van der Waals surface area contributed by atoms with Crippen molar-refractivity contribution in [2.45, 2.75) is 13.2 Å². The molecule has 0 aliphatic rings. The molecule has 4 aromatic rings. The summed E-state index contributed by atoms with van der Waals surface area (Å²) in [6, 6.07) is 17.1. The number of aromatic nitrogens is 5. The number of aromatic amines is 1. The molecular formula is C19H17N5O2. The smallest absolute Gasteiger partial charge is 0.351 e. The van der Waals surface area contributed by atoms with Crippen LogP contribution in [-0.4, -0.2) is 29.7 Å². The Kier molecular flexibility index (Phi) is 4.20. The number of rotatable bonds is 5. The van der Waals surface area contributed by atoms with Crippen molar-refractivity contribution in [2.24, 2.45) is 0 Å². The monoisotopic (exact) mass is 347 g/mol. The Morgan fingerprint density at radius 2 is 1.77 bits per heavy atom. The van der Waals surface area contributed by atoms with Gasteiger partial charge in [0.25, 0.3) is 0 Å². The van der Waals surface area contributed by atoms with Crippen molar-refractivity contribution in [1.82, 2.24) is 24.5 Å². The Labute approximate surface area is 149 Å². The van der Waals surface area contributed by atoms with Gasteiger partial charge in [0.15, 0.2) is 5.82 Å². The Morgan fingerprint density at radius 3 is 2.42 bits per heavy atom. The van der Waals surface area contributed by atoms with Gasteiger partial charge in [-0.2, -0.15) is 9.78 Å². The van der Waals surface area contributed by atoms with Crippen LogP contribution in [0.5, 0.6) is 0 Å². The number of nitrogens with one attached hydrogen (secondary N) is 1. The summed E-state index contributed by atoms with van der Waals surface area (Å²) in [6.45, 7) is 0.0604. The molecule has 0 aliphatic carbocycles. The summed E-state index contributed by atoms with van der Waals surface area (Å²) in [5, 5.41) is 20.6. The third-order valence-corrected chi connectivity index (χ3v) is 4.21. The maximum Gasteiger partial charge on any atom is 0.351 e. The molecular weight excluding hydrogens is 330 g/mol. The van der Waals surface area contributed by atoms with E-state index < -0.39 is 0 Å². The van der Waals surface area contributed by atoms with Crippen molar-refractivity contribution in [3.05, 3.63) is 88.9 Å². The van der Waals surface area contributed by atoms with Crippen LogP contribution in [0.2, 0.25) is 0 Å². The zero-order chi connectivity index (χ0) is 17.9. The van der Waals surface area contributed by atoms with Gasteiger partial charge >= 0.3 is 5.69 Å². The number of nitrogens with zero attached hydrogens (tertiary/aromatic N) is 4. The molecule has 7 nitrogen and oxygen atoms in total. The van der Waals surface area contributed by atoms with Gasteiger partial charge in [0.2, 0.25) is 0 Å². The molecule has 0 radical (unpaired) electrons. The number of benzene rings is 2. The predicted molar refractivity (Wildman–Crippen MR) is 96.9 cm³/mol. The Bertz CT molecular complexity index is 1050. The van der Waals surface area contributed by atoms with E-state index in [1.54, 1.807) is 12.4 Å². The van der Waals surface area contributed by atoms with E-state index >= 15 is 0 Å². The minimum absolute atomic E-state index is 0.283. The Balaban J connectivity index is 1.70. The molecule has 2 aromatic heterocycles. The summed E-state index contributed by atoms with van der Waals surface area (Å²) in [7, 11) is 0. The van der Waals surface area contributed by atoms with Crippen LogP contribution < -0.4 is 5.69 Å². The number of aliphatic hydroxyl groups is 1. The van der Waals surface area contributed by atoms with Crippen LogP contribution in [0.25, 0.3) is 16.8 Å². The maximum absolute atomic E-state index is 12.8. The molecule has 4 rings (SSSR count). The van der Waals surface area contributed by atoms with Crippen LogP contribution in [0.15, 0.2) is 71.8 Å². The first-order chi connectivity index (χ1) is 12.8. The van der Waals surface area contributed by atoms with Gasteiger partial charge in [-0.25, -0.2) is 4.79 Å². The van der Waals surface area contributed by atoms with Crippen LogP contribution in [0, 0.1) is 0 Å². The molecule has 0 fully saturated rings. The molecule has 0 bridgehead atoms. The van der Waals surface area contributed by atoms with Gasteiger partial charge in [-0.15, -0.1) is 5.10 Å². The average Bonchev–Trinajstić information content (AvgIpc) is 3.32. The summed E-state index contributed by atoms with van der Waals surface area (Å²) in [4.78, 5) is 12.8. The number of hydrogen-bond acceptors (Lipinski definition) is 4. The second-order valence-corrected chi connectivity index (χ2v) is 5.87. The van der Waals surface area contributed by atoms with Gasteiger partial charge in [-0.05, 0) is 23.3 Å². The van der Waals surface area contributed by atoms with Crippen molar-refractivity contribution in [1.29, 1.82) is 0 Å². The first kappa shape index (κ1) is 16.0. The highest BCUT2D eigenvalue weighted by Crippen LogP contribution is 2.19. The topological polar surface area (TPSA) is 88.7 Å². The SMILES string of the molecule is O=c1n(-c2ccc(-c3cn[nH]c3)cc2)nc(CO)n1Cc1ccccc1. The molecule has 7 heteroatoms. The fourth-order valence-corrected chi connectivity index (χ4v) is 2.85.